The highest BCUT2D eigenvalue weighted by Gasteiger charge is 2.36. The third kappa shape index (κ3) is 4.81. The first kappa shape index (κ1) is 17.5. The maximum atomic E-state index is 12.5. The summed E-state index contributed by atoms with van der Waals surface area (Å²) in [6.07, 6.45) is 3.70. The normalized spacial score (nSPS) is 20.0. The summed E-state index contributed by atoms with van der Waals surface area (Å²) in [5, 5.41) is 5.70. The second kappa shape index (κ2) is 7.68. The van der Waals surface area contributed by atoms with Gasteiger partial charge in [0.2, 0.25) is 17.7 Å². The largest absolute Gasteiger partial charge is 0.352 e. The van der Waals surface area contributed by atoms with Crippen LogP contribution >= 0.6 is 0 Å². The Balaban J connectivity index is 1.51. The van der Waals surface area contributed by atoms with E-state index in [1.54, 1.807) is 0 Å². The van der Waals surface area contributed by atoms with Crippen molar-refractivity contribution in [3.05, 3.63) is 29.8 Å². The molecule has 134 valence electrons. The summed E-state index contributed by atoms with van der Waals surface area (Å²) >= 11 is 0. The van der Waals surface area contributed by atoms with Crippen molar-refractivity contribution < 1.29 is 14.4 Å². The van der Waals surface area contributed by atoms with Crippen LogP contribution in [0.2, 0.25) is 0 Å². The van der Waals surface area contributed by atoms with E-state index in [4.69, 9.17) is 0 Å². The van der Waals surface area contributed by atoms with E-state index in [9.17, 15) is 14.4 Å². The van der Waals surface area contributed by atoms with Gasteiger partial charge in [-0.25, -0.2) is 0 Å². The molecule has 25 heavy (non-hydrogen) atoms. The predicted octanol–water partition coefficient (Wildman–Crippen LogP) is 1.91. The van der Waals surface area contributed by atoms with E-state index in [0.29, 0.717) is 13.1 Å². The molecule has 1 saturated heterocycles. The van der Waals surface area contributed by atoms with Crippen molar-refractivity contribution in [3.8, 4) is 0 Å². The van der Waals surface area contributed by atoms with Crippen LogP contribution in [-0.2, 0) is 20.9 Å². The van der Waals surface area contributed by atoms with Crippen molar-refractivity contribution in [2.75, 3.05) is 18.4 Å². The van der Waals surface area contributed by atoms with Crippen molar-refractivity contribution in [1.29, 1.82) is 0 Å². The van der Waals surface area contributed by atoms with E-state index in [1.165, 1.54) is 6.92 Å². The summed E-state index contributed by atoms with van der Waals surface area (Å²) < 4.78 is 0. The fourth-order valence-corrected chi connectivity index (χ4v) is 3.28. The second-order valence-corrected chi connectivity index (χ2v) is 7.00. The van der Waals surface area contributed by atoms with Crippen LogP contribution in [0.25, 0.3) is 0 Å². The number of likely N-dealkylation sites (tertiary alicyclic amines) is 1. The molecule has 1 unspecified atom stereocenters. The van der Waals surface area contributed by atoms with Gasteiger partial charge in [0.15, 0.2) is 0 Å². The predicted molar refractivity (Wildman–Crippen MR) is 94.6 cm³/mol. The average Bonchev–Trinajstić information content (AvgIpc) is 3.44. The molecule has 0 spiro atoms. The molecule has 2 N–H and O–H groups in total. The molecule has 0 bridgehead atoms. The molecule has 2 fully saturated rings. The first-order chi connectivity index (χ1) is 12.0. The Morgan fingerprint density at radius 1 is 1.16 bits per heavy atom. The molecule has 6 heteroatoms. The van der Waals surface area contributed by atoms with Crippen LogP contribution in [0.15, 0.2) is 24.3 Å². The van der Waals surface area contributed by atoms with Gasteiger partial charge in [-0.05, 0) is 43.4 Å². The zero-order chi connectivity index (χ0) is 17.8. The number of rotatable bonds is 5. The highest BCUT2D eigenvalue weighted by molar-refractivity contribution is 5.88. The van der Waals surface area contributed by atoms with Gasteiger partial charge in [0.25, 0.3) is 0 Å². The summed E-state index contributed by atoms with van der Waals surface area (Å²) in [7, 11) is 0. The number of hydrogen-bond acceptors (Lipinski definition) is 3. The Bertz CT molecular complexity index is 670. The lowest BCUT2D eigenvalue weighted by molar-refractivity contribution is -0.136. The molecule has 1 aliphatic carbocycles. The number of piperidine rings is 1. The minimum atomic E-state index is -0.130. The maximum absolute atomic E-state index is 12.5. The summed E-state index contributed by atoms with van der Waals surface area (Å²) in [5.74, 6) is 0.177. The highest BCUT2D eigenvalue weighted by atomic mass is 16.2. The molecular weight excluding hydrogens is 318 g/mol. The van der Waals surface area contributed by atoms with Crippen LogP contribution in [-0.4, -0.2) is 35.7 Å². The summed E-state index contributed by atoms with van der Waals surface area (Å²) in [5.41, 5.74) is 1.65. The van der Waals surface area contributed by atoms with Gasteiger partial charge < -0.3 is 15.5 Å². The van der Waals surface area contributed by atoms with Crippen LogP contribution in [0.1, 0.15) is 38.2 Å². The summed E-state index contributed by atoms with van der Waals surface area (Å²) in [6, 6.07) is 7.43. The van der Waals surface area contributed by atoms with E-state index >= 15 is 0 Å². The van der Waals surface area contributed by atoms with Gasteiger partial charge in [0, 0.05) is 38.2 Å². The Morgan fingerprint density at radius 2 is 1.96 bits per heavy atom. The van der Waals surface area contributed by atoms with Gasteiger partial charge in [-0.1, -0.05) is 12.1 Å². The smallest absolute Gasteiger partial charge is 0.225 e. The first-order valence-corrected chi connectivity index (χ1v) is 8.96. The van der Waals surface area contributed by atoms with Crippen molar-refractivity contribution in [3.63, 3.8) is 0 Å². The summed E-state index contributed by atoms with van der Waals surface area (Å²) in [6.45, 7) is 3.19. The number of anilines is 1. The second-order valence-electron chi connectivity index (χ2n) is 7.00. The number of amides is 3. The average molecular weight is 343 g/mol. The van der Waals surface area contributed by atoms with Crippen molar-refractivity contribution >= 4 is 23.4 Å². The van der Waals surface area contributed by atoms with E-state index in [-0.39, 0.29) is 29.6 Å². The van der Waals surface area contributed by atoms with Gasteiger partial charge in [0.05, 0.1) is 5.92 Å². The van der Waals surface area contributed by atoms with Gasteiger partial charge in [-0.2, -0.15) is 0 Å². The molecule has 0 radical (unpaired) electrons. The maximum Gasteiger partial charge on any atom is 0.225 e. The number of benzene rings is 1. The molecule has 1 aliphatic heterocycles. The Morgan fingerprint density at radius 3 is 2.68 bits per heavy atom. The number of hydrogen-bond donors (Lipinski definition) is 2. The quantitative estimate of drug-likeness (QED) is 0.857. The number of carbonyl (C=O) groups excluding carboxylic acids is 3. The minimum absolute atomic E-state index is 0.00164. The number of nitrogens with one attached hydrogen (secondary N) is 2. The molecular formula is C19H25N3O3. The van der Waals surface area contributed by atoms with E-state index in [0.717, 1.165) is 43.5 Å². The van der Waals surface area contributed by atoms with Gasteiger partial charge in [0.1, 0.15) is 0 Å². The van der Waals surface area contributed by atoms with Crippen molar-refractivity contribution in [1.82, 2.24) is 10.2 Å². The van der Waals surface area contributed by atoms with Crippen molar-refractivity contribution in [2.45, 2.75) is 39.2 Å². The lowest BCUT2D eigenvalue weighted by Gasteiger charge is -2.32. The fraction of sp³-hybridized carbons (Fsp3) is 0.526. The number of nitrogens with zero attached hydrogens (tertiary/aromatic N) is 1. The Kier molecular flexibility index (Phi) is 5.36. The SMILES string of the molecule is CC(=O)Nc1cccc(CNC(=O)C2CCCN(C(=O)C3CC3)C2)c1. The fourth-order valence-electron chi connectivity index (χ4n) is 3.28. The zero-order valence-corrected chi connectivity index (χ0v) is 14.6. The minimum Gasteiger partial charge on any atom is -0.352 e. The lowest BCUT2D eigenvalue weighted by Crippen LogP contribution is -2.45. The first-order valence-electron chi connectivity index (χ1n) is 8.96. The number of carbonyl (C=O) groups is 3. The molecule has 1 atom stereocenters. The van der Waals surface area contributed by atoms with E-state index in [1.807, 2.05) is 29.2 Å². The zero-order valence-electron chi connectivity index (χ0n) is 14.6. The highest BCUT2D eigenvalue weighted by Crippen LogP contribution is 2.32. The topological polar surface area (TPSA) is 78.5 Å². The molecule has 1 aromatic rings. The standard InChI is InChI=1S/C19H25N3O3/c1-13(23)21-17-6-2-4-14(10-17)11-20-18(24)16-5-3-9-22(12-16)19(25)15-7-8-15/h2,4,6,10,15-16H,3,5,7-9,11-12H2,1H3,(H,20,24)(H,21,23). The van der Waals surface area contributed by atoms with Gasteiger partial charge >= 0.3 is 0 Å². The van der Waals surface area contributed by atoms with Crippen LogP contribution < -0.4 is 10.6 Å². The third-order valence-corrected chi connectivity index (χ3v) is 4.74. The van der Waals surface area contributed by atoms with Gasteiger partial charge in [-0.3, -0.25) is 14.4 Å². The van der Waals surface area contributed by atoms with E-state index in [2.05, 4.69) is 10.6 Å². The van der Waals surface area contributed by atoms with Crippen molar-refractivity contribution in [2.24, 2.45) is 11.8 Å². The van der Waals surface area contributed by atoms with Crippen LogP contribution in [0.5, 0.6) is 0 Å². The van der Waals surface area contributed by atoms with E-state index < -0.39 is 0 Å². The van der Waals surface area contributed by atoms with Gasteiger partial charge in [-0.15, -0.1) is 0 Å². The molecule has 1 heterocycles. The van der Waals surface area contributed by atoms with Crippen LogP contribution in [0, 0.1) is 11.8 Å². The summed E-state index contributed by atoms with van der Waals surface area (Å²) in [4.78, 5) is 37.6. The molecule has 6 nitrogen and oxygen atoms in total. The monoisotopic (exact) mass is 343 g/mol. The third-order valence-electron chi connectivity index (χ3n) is 4.74. The van der Waals surface area contributed by atoms with Crippen LogP contribution in [0.4, 0.5) is 5.69 Å². The molecule has 0 aromatic heterocycles. The lowest BCUT2D eigenvalue weighted by atomic mass is 9.96. The molecule has 1 saturated carbocycles. The Hall–Kier alpha value is -2.37. The molecule has 3 rings (SSSR count). The molecule has 3 amide bonds. The van der Waals surface area contributed by atoms with Crippen LogP contribution in [0.3, 0.4) is 0 Å². The molecule has 2 aliphatic rings. The molecule has 1 aromatic carbocycles. The Labute approximate surface area is 148 Å².